The lowest BCUT2D eigenvalue weighted by atomic mass is 10.2. The predicted molar refractivity (Wildman–Crippen MR) is 67.4 cm³/mol. The van der Waals surface area contributed by atoms with Crippen LogP contribution in [-0.2, 0) is 15.0 Å². The molecule has 0 radical (unpaired) electrons. The summed E-state index contributed by atoms with van der Waals surface area (Å²) in [6.07, 6.45) is 0. The summed E-state index contributed by atoms with van der Waals surface area (Å²) in [5.41, 5.74) is 0. The Morgan fingerprint density at radius 2 is 1.83 bits per heavy atom. The molecule has 1 aliphatic heterocycles. The lowest BCUT2D eigenvalue weighted by molar-refractivity contribution is -0.138. The van der Waals surface area contributed by atoms with Crippen LogP contribution in [0.25, 0.3) is 0 Å². The predicted octanol–water partition coefficient (Wildman–Crippen LogP) is -0.821. The minimum Gasteiger partial charge on any atom is -0.480 e. The fourth-order valence-corrected chi connectivity index (χ4v) is 3.05. The molecule has 0 amide bonds. The standard InChI is InChI=1S/C10H21N3O4S/c1-9(2)7-11-18(16,17)13-5-3-12(4-6-13)8-10(14)15/h9,11H,3-8H2,1-2H3,(H,14,15). The first-order valence-electron chi connectivity index (χ1n) is 6.00. The Morgan fingerprint density at radius 3 is 2.28 bits per heavy atom. The molecule has 1 rings (SSSR count). The van der Waals surface area contributed by atoms with Crippen LogP contribution >= 0.6 is 0 Å². The van der Waals surface area contributed by atoms with Gasteiger partial charge in [0, 0.05) is 32.7 Å². The van der Waals surface area contributed by atoms with Crippen LogP contribution in [0.1, 0.15) is 13.8 Å². The Kier molecular flexibility index (Phi) is 5.51. The van der Waals surface area contributed by atoms with Crippen molar-refractivity contribution < 1.29 is 18.3 Å². The highest BCUT2D eigenvalue weighted by atomic mass is 32.2. The minimum atomic E-state index is -3.42. The molecule has 0 saturated carbocycles. The molecule has 1 heterocycles. The summed E-state index contributed by atoms with van der Waals surface area (Å²) in [7, 11) is -3.42. The summed E-state index contributed by atoms with van der Waals surface area (Å²) < 4.78 is 27.7. The van der Waals surface area contributed by atoms with Crippen LogP contribution in [0.3, 0.4) is 0 Å². The van der Waals surface area contributed by atoms with Crippen molar-refractivity contribution >= 4 is 16.2 Å². The van der Waals surface area contributed by atoms with Gasteiger partial charge in [0.25, 0.3) is 10.2 Å². The molecule has 1 fully saturated rings. The summed E-state index contributed by atoms with van der Waals surface area (Å²) in [6.45, 7) is 5.83. The van der Waals surface area contributed by atoms with Crippen molar-refractivity contribution in [3.05, 3.63) is 0 Å². The lowest BCUT2D eigenvalue weighted by Crippen LogP contribution is -2.53. The van der Waals surface area contributed by atoms with Crippen molar-refractivity contribution in [1.29, 1.82) is 0 Å². The average Bonchev–Trinajstić information content (AvgIpc) is 2.26. The van der Waals surface area contributed by atoms with E-state index in [0.717, 1.165) is 0 Å². The van der Waals surface area contributed by atoms with E-state index in [9.17, 15) is 13.2 Å². The number of nitrogens with zero attached hydrogens (tertiary/aromatic N) is 2. The van der Waals surface area contributed by atoms with E-state index in [1.807, 2.05) is 13.8 Å². The minimum absolute atomic E-state index is 0.0344. The van der Waals surface area contributed by atoms with Crippen molar-refractivity contribution in [3.8, 4) is 0 Å². The van der Waals surface area contributed by atoms with Gasteiger partial charge in [-0.1, -0.05) is 13.8 Å². The molecule has 0 atom stereocenters. The van der Waals surface area contributed by atoms with Crippen molar-refractivity contribution in [2.24, 2.45) is 5.92 Å². The molecule has 18 heavy (non-hydrogen) atoms. The molecule has 1 saturated heterocycles. The van der Waals surface area contributed by atoms with E-state index in [1.54, 1.807) is 4.90 Å². The number of nitrogens with one attached hydrogen (secondary N) is 1. The van der Waals surface area contributed by atoms with Gasteiger partial charge in [-0.25, -0.2) is 4.72 Å². The highest BCUT2D eigenvalue weighted by Gasteiger charge is 2.27. The zero-order valence-electron chi connectivity index (χ0n) is 10.8. The number of hydrogen-bond acceptors (Lipinski definition) is 4. The molecule has 106 valence electrons. The van der Waals surface area contributed by atoms with E-state index >= 15 is 0 Å². The molecule has 8 heteroatoms. The van der Waals surface area contributed by atoms with E-state index in [-0.39, 0.29) is 12.5 Å². The third-order valence-corrected chi connectivity index (χ3v) is 4.28. The maximum Gasteiger partial charge on any atom is 0.317 e. The van der Waals surface area contributed by atoms with E-state index in [1.165, 1.54) is 4.31 Å². The smallest absolute Gasteiger partial charge is 0.317 e. The largest absolute Gasteiger partial charge is 0.480 e. The summed E-state index contributed by atoms with van der Waals surface area (Å²) in [5.74, 6) is -0.627. The van der Waals surface area contributed by atoms with Gasteiger partial charge in [0.1, 0.15) is 0 Å². The number of carboxylic acids is 1. The van der Waals surface area contributed by atoms with Gasteiger partial charge in [-0.3, -0.25) is 9.69 Å². The molecular formula is C10H21N3O4S. The first kappa shape index (κ1) is 15.4. The first-order chi connectivity index (χ1) is 8.31. The number of carboxylic acid groups (broad SMARTS) is 1. The second-order valence-corrected chi connectivity index (χ2v) is 6.57. The molecule has 0 unspecified atom stereocenters. The summed E-state index contributed by atoms with van der Waals surface area (Å²) in [4.78, 5) is 12.3. The van der Waals surface area contributed by atoms with Crippen LogP contribution in [0, 0.1) is 5.92 Å². The van der Waals surface area contributed by atoms with E-state index < -0.39 is 16.2 Å². The molecule has 0 spiro atoms. The number of rotatable bonds is 6. The Balaban J connectivity index is 2.44. The maximum atomic E-state index is 11.9. The Bertz CT molecular complexity index is 375. The van der Waals surface area contributed by atoms with Crippen molar-refractivity contribution in [3.63, 3.8) is 0 Å². The SMILES string of the molecule is CC(C)CNS(=O)(=O)N1CCN(CC(=O)O)CC1. The van der Waals surface area contributed by atoms with E-state index in [0.29, 0.717) is 32.7 Å². The second-order valence-electron chi connectivity index (χ2n) is 4.82. The maximum absolute atomic E-state index is 11.9. The van der Waals surface area contributed by atoms with Gasteiger partial charge in [-0.2, -0.15) is 12.7 Å². The number of hydrogen-bond donors (Lipinski definition) is 2. The van der Waals surface area contributed by atoms with Crippen molar-refractivity contribution in [1.82, 2.24) is 13.9 Å². The molecule has 0 aliphatic carbocycles. The van der Waals surface area contributed by atoms with Gasteiger partial charge in [0.15, 0.2) is 0 Å². The molecule has 2 N–H and O–H groups in total. The molecule has 0 aromatic heterocycles. The first-order valence-corrected chi connectivity index (χ1v) is 7.44. The molecule has 0 bridgehead atoms. The third kappa shape index (κ3) is 4.89. The van der Waals surface area contributed by atoms with Gasteiger partial charge in [0.2, 0.25) is 0 Å². The van der Waals surface area contributed by atoms with Crippen molar-refractivity contribution in [2.75, 3.05) is 39.3 Å². The number of piperazine rings is 1. The van der Waals surface area contributed by atoms with Gasteiger partial charge >= 0.3 is 5.97 Å². The van der Waals surface area contributed by atoms with Crippen LogP contribution in [-0.4, -0.2) is 68.0 Å². The van der Waals surface area contributed by atoms with E-state index in [2.05, 4.69) is 4.72 Å². The normalized spacial score (nSPS) is 19.3. The van der Waals surface area contributed by atoms with Crippen LogP contribution < -0.4 is 4.72 Å². The van der Waals surface area contributed by atoms with Crippen LogP contribution in [0.4, 0.5) is 0 Å². The summed E-state index contributed by atoms with van der Waals surface area (Å²) in [6, 6.07) is 0. The van der Waals surface area contributed by atoms with Gasteiger partial charge < -0.3 is 5.11 Å². The Hall–Kier alpha value is -0.700. The zero-order chi connectivity index (χ0) is 13.8. The number of aliphatic carboxylic acids is 1. The fourth-order valence-electron chi connectivity index (χ4n) is 1.68. The molecular weight excluding hydrogens is 258 g/mol. The average molecular weight is 279 g/mol. The second kappa shape index (κ2) is 6.46. The van der Waals surface area contributed by atoms with Crippen LogP contribution in [0.5, 0.6) is 0 Å². The molecule has 7 nitrogen and oxygen atoms in total. The van der Waals surface area contributed by atoms with E-state index in [4.69, 9.17) is 5.11 Å². The highest BCUT2D eigenvalue weighted by Crippen LogP contribution is 2.06. The summed E-state index contributed by atoms with van der Waals surface area (Å²) in [5, 5.41) is 8.65. The monoisotopic (exact) mass is 279 g/mol. The molecule has 0 aromatic rings. The number of carbonyl (C=O) groups is 1. The highest BCUT2D eigenvalue weighted by molar-refractivity contribution is 7.87. The fraction of sp³-hybridized carbons (Fsp3) is 0.900. The third-order valence-electron chi connectivity index (χ3n) is 2.70. The zero-order valence-corrected chi connectivity index (χ0v) is 11.6. The van der Waals surface area contributed by atoms with Gasteiger partial charge in [-0.15, -0.1) is 0 Å². The van der Waals surface area contributed by atoms with Crippen LogP contribution in [0.2, 0.25) is 0 Å². The molecule has 0 aromatic carbocycles. The van der Waals surface area contributed by atoms with Crippen molar-refractivity contribution in [2.45, 2.75) is 13.8 Å². The summed E-state index contributed by atoms with van der Waals surface area (Å²) >= 11 is 0. The van der Waals surface area contributed by atoms with Gasteiger partial charge in [-0.05, 0) is 5.92 Å². The topological polar surface area (TPSA) is 90.0 Å². The lowest BCUT2D eigenvalue weighted by Gasteiger charge is -2.33. The Labute approximate surface area is 108 Å². The van der Waals surface area contributed by atoms with Gasteiger partial charge in [0.05, 0.1) is 6.54 Å². The quantitative estimate of drug-likeness (QED) is 0.663. The van der Waals surface area contributed by atoms with Crippen LogP contribution in [0.15, 0.2) is 0 Å². The molecule has 1 aliphatic rings. The Morgan fingerprint density at radius 1 is 1.28 bits per heavy atom.